The second kappa shape index (κ2) is 8.86. The Labute approximate surface area is 198 Å². The number of hydrogen-bond acceptors (Lipinski definition) is 4. The molecule has 1 unspecified atom stereocenters. The van der Waals surface area contributed by atoms with Crippen LogP contribution in [0.15, 0.2) is 59.0 Å². The molecule has 3 nitrogen and oxygen atoms in total. The summed E-state index contributed by atoms with van der Waals surface area (Å²) in [5.41, 5.74) is 6.36. The van der Waals surface area contributed by atoms with E-state index in [2.05, 4.69) is 49.1 Å². The van der Waals surface area contributed by atoms with Gasteiger partial charge in [0.1, 0.15) is 5.76 Å². The molecule has 0 bridgehead atoms. The Kier molecular flexibility index (Phi) is 5.93. The molecule has 3 heterocycles. The minimum atomic E-state index is 0.245. The molecule has 5 rings (SSSR count). The molecule has 0 aliphatic carbocycles. The Morgan fingerprint density at radius 1 is 1.12 bits per heavy atom. The van der Waals surface area contributed by atoms with Gasteiger partial charge in [0, 0.05) is 33.4 Å². The quantitative estimate of drug-likeness (QED) is 0.309. The first-order valence-electron chi connectivity index (χ1n) is 11.2. The van der Waals surface area contributed by atoms with Crippen LogP contribution in [-0.4, -0.2) is 16.4 Å². The third-order valence-corrected chi connectivity index (χ3v) is 7.88. The minimum Gasteiger partial charge on any atom is -0.441 e. The molecule has 0 radical (unpaired) electrons. The van der Waals surface area contributed by atoms with E-state index in [4.69, 9.17) is 21.0 Å². The van der Waals surface area contributed by atoms with E-state index in [1.54, 1.807) is 11.1 Å². The molecular formula is C27H27ClN2OS. The van der Waals surface area contributed by atoms with Gasteiger partial charge >= 0.3 is 0 Å². The first-order valence-corrected chi connectivity index (χ1v) is 12.4. The maximum absolute atomic E-state index is 6.18. The Morgan fingerprint density at radius 3 is 2.69 bits per heavy atom. The maximum atomic E-state index is 6.18. The van der Waals surface area contributed by atoms with Crippen LogP contribution in [0, 0.1) is 13.8 Å². The van der Waals surface area contributed by atoms with Crippen molar-refractivity contribution in [3.8, 4) is 11.5 Å². The molecular weight excluding hydrogens is 436 g/mol. The molecule has 4 aromatic rings. The van der Waals surface area contributed by atoms with Crippen LogP contribution in [0.2, 0.25) is 5.02 Å². The molecule has 0 spiro atoms. The van der Waals surface area contributed by atoms with Gasteiger partial charge in [-0.25, -0.2) is 4.98 Å². The largest absolute Gasteiger partial charge is 0.441 e. The molecule has 1 aliphatic heterocycles. The SMILES string of the molecule is CCc1c(C)sc2c1CCN(Cc1nc(-c3cccc(Cl)c3)oc1C)C2c1ccccc1. The van der Waals surface area contributed by atoms with Gasteiger partial charge in [0.05, 0.1) is 11.7 Å². The van der Waals surface area contributed by atoms with Crippen molar-refractivity contribution in [3.63, 3.8) is 0 Å². The summed E-state index contributed by atoms with van der Waals surface area (Å²) in [6, 6.07) is 18.8. The van der Waals surface area contributed by atoms with Crippen LogP contribution in [-0.2, 0) is 19.4 Å². The third kappa shape index (κ3) is 3.92. The molecule has 32 heavy (non-hydrogen) atoms. The normalized spacial score (nSPS) is 16.3. The van der Waals surface area contributed by atoms with Gasteiger partial charge < -0.3 is 4.42 Å². The Bertz CT molecular complexity index is 1240. The molecule has 0 saturated heterocycles. The highest BCUT2D eigenvalue weighted by atomic mass is 35.5. The highest BCUT2D eigenvalue weighted by Gasteiger charge is 2.33. The van der Waals surface area contributed by atoms with Gasteiger partial charge in [0.25, 0.3) is 0 Å². The molecule has 2 aromatic carbocycles. The van der Waals surface area contributed by atoms with Gasteiger partial charge in [-0.3, -0.25) is 4.90 Å². The number of benzene rings is 2. The van der Waals surface area contributed by atoms with Crippen molar-refractivity contribution in [2.45, 2.75) is 46.2 Å². The zero-order chi connectivity index (χ0) is 22.2. The van der Waals surface area contributed by atoms with Gasteiger partial charge in [-0.15, -0.1) is 11.3 Å². The van der Waals surface area contributed by atoms with Crippen LogP contribution >= 0.6 is 22.9 Å². The lowest BCUT2D eigenvalue weighted by Crippen LogP contribution is -2.35. The predicted molar refractivity (Wildman–Crippen MR) is 133 cm³/mol. The van der Waals surface area contributed by atoms with Crippen LogP contribution in [0.5, 0.6) is 0 Å². The number of aryl methyl sites for hydroxylation is 2. The van der Waals surface area contributed by atoms with Crippen LogP contribution < -0.4 is 0 Å². The summed E-state index contributed by atoms with van der Waals surface area (Å²) in [4.78, 5) is 10.4. The average molecular weight is 463 g/mol. The molecule has 2 aromatic heterocycles. The maximum Gasteiger partial charge on any atom is 0.226 e. The van der Waals surface area contributed by atoms with Gasteiger partial charge in [-0.05, 0) is 61.6 Å². The number of halogens is 1. The van der Waals surface area contributed by atoms with Crippen molar-refractivity contribution in [1.82, 2.24) is 9.88 Å². The van der Waals surface area contributed by atoms with Crippen LogP contribution in [0.3, 0.4) is 0 Å². The van der Waals surface area contributed by atoms with E-state index in [1.165, 1.54) is 15.3 Å². The first kappa shape index (κ1) is 21.4. The van der Waals surface area contributed by atoms with Crippen molar-refractivity contribution in [2.75, 3.05) is 6.54 Å². The lowest BCUT2D eigenvalue weighted by Gasteiger charge is -2.36. The summed E-state index contributed by atoms with van der Waals surface area (Å²) < 4.78 is 6.05. The zero-order valence-electron chi connectivity index (χ0n) is 18.7. The number of hydrogen-bond donors (Lipinski definition) is 0. The topological polar surface area (TPSA) is 29.3 Å². The smallest absolute Gasteiger partial charge is 0.226 e. The summed E-state index contributed by atoms with van der Waals surface area (Å²) >= 11 is 8.15. The number of nitrogens with zero attached hydrogens (tertiary/aromatic N) is 2. The Morgan fingerprint density at radius 2 is 1.94 bits per heavy atom. The molecule has 1 aliphatic rings. The van der Waals surface area contributed by atoms with Crippen molar-refractivity contribution in [2.24, 2.45) is 0 Å². The number of thiophene rings is 1. The van der Waals surface area contributed by atoms with E-state index in [9.17, 15) is 0 Å². The second-order valence-corrected chi connectivity index (χ2v) is 10.1. The summed E-state index contributed by atoms with van der Waals surface area (Å²) in [5.74, 6) is 1.50. The molecule has 0 fully saturated rings. The molecule has 164 valence electrons. The van der Waals surface area contributed by atoms with Gasteiger partial charge in [-0.2, -0.15) is 0 Å². The van der Waals surface area contributed by atoms with E-state index in [1.807, 2.05) is 42.5 Å². The molecule has 1 atom stereocenters. The third-order valence-electron chi connectivity index (χ3n) is 6.40. The fourth-order valence-electron chi connectivity index (χ4n) is 4.84. The van der Waals surface area contributed by atoms with E-state index in [-0.39, 0.29) is 6.04 Å². The van der Waals surface area contributed by atoms with E-state index >= 15 is 0 Å². The van der Waals surface area contributed by atoms with Crippen LogP contribution in [0.25, 0.3) is 11.5 Å². The summed E-state index contributed by atoms with van der Waals surface area (Å²) in [7, 11) is 0. The van der Waals surface area contributed by atoms with Crippen LogP contribution in [0.1, 0.15) is 50.9 Å². The fourth-order valence-corrected chi connectivity index (χ4v) is 6.49. The van der Waals surface area contributed by atoms with E-state index in [0.29, 0.717) is 10.9 Å². The second-order valence-electron chi connectivity index (χ2n) is 8.40. The summed E-state index contributed by atoms with van der Waals surface area (Å²) in [6.07, 6.45) is 2.19. The lowest BCUT2D eigenvalue weighted by atomic mass is 9.91. The predicted octanol–water partition coefficient (Wildman–Crippen LogP) is 7.38. The molecule has 0 N–H and O–H groups in total. The Hall–Kier alpha value is -2.40. The van der Waals surface area contributed by atoms with E-state index in [0.717, 1.165) is 42.9 Å². The number of aromatic nitrogens is 1. The van der Waals surface area contributed by atoms with Crippen molar-refractivity contribution in [3.05, 3.63) is 97.5 Å². The van der Waals surface area contributed by atoms with Crippen LogP contribution in [0.4, 0.5) is 0 Å². The fraction of sp³-hybridized carbons (Fsp3) is 0.296. The highest BCUT2D eigenvalue weighted by Crippen LogP contribution is 2.43. The number of oxazole rings is 1. The molecule has 5 heteroatoms. The van der Waals surface area contributed by atoms with Gasteiger partial charge in [0.15, 0.2) is 0 Å². The summed E-state index contributed by atoms with van der Waals surface area (Å²) in [6.45, 7) is 8.32. The zero-order valence-corrected chi connectivity index (χ0v) is 20.3. The summed E-state index contributed by atoms with van der Waals surface area (Å²) in [5, 5.41) is 0.687. The average Bonchev–Trinajstić information content (AvgIpc) is 3.32. The van der Waals surface area contributed by atoms with Crippen molar-refractivity contribution in [1.29, 1.82) is 0 Å². The lowest BCUT2D eigenvalue weighted by molar-refractivity contribution is 0.204. The van der Waals surface area contributed by atoms with Crippen molar-refractivity contribution < 1.29 is 4.42 Å². The molecule has 0 saturated carbocycles. The monoisotopic (exact) mass is 462 g/mol. The van der Waals surface area contributed by atoms with E-state index < -0.39 is 0 Å². The first-order chi connectivity index (χ1) is 15.5. The standard InChI is InChI=1S/C27H27ClN2OS/c1-4-22-18(3)32-26-23(22)13-14-30(25(26)19-9-6-5-7-10-19)16-24-17(2)31-27(29-24)20-11-8-12-21(28)15-20/h5-12,15,25H,4,13-14,16H2,1-3H3. The Balaban J connectivity index is 1.52. The van der Waals surface area contributed by atoms with Gasteiger partial charge in [0.2, 0.25) is 5.89 Å². The molecule has 0 amide bonds. The number of rotatable bonds is 5. The van der Waals surface area contributed by atoms with Crippen molar-refractivity contribution >= 4 is 22.9 Å². The highest BCUT2D eigenvalue weighted by molar-refractivity contribution is 7.12. The van der Waals surface area contributed by atoms with Gasteiger partial charge in [-0.1, -0.05) is 54.9 Å². The number of fused-ring (bicyclic) bond motifs is 1. The minimum absolute atomic E-state index is 0.245.